The van der Waals surface area contributed by atoms with E-state index in [1.54, 1.807) is 10.9 Å². The average molecular weight is 333 g/mol. The van der Waals surface area contributed by atoms with Gasteiger partial charge in [0.2, 0.25) is 0 Å². The molecular weight excluding hydrogens is 310 g/mol. The molecule has 1 unspecified atom stereocenters. The molecule has 2 aliphatic rings. The standard InChI is InChI=1S/C16H23N5O3/c22-8-12(23)7-21-11-19-13-14(17-10-18-15(13)21)20-5-4-16(9-20)3-1-2-6-24-16/h10-12,22-23H,1-9H2/t12-,16?/m0/s1. The maximum Gasteiger partial charge on any atom is 0.165 e. The second kappa shape index (κ2) is 6.27. The normalized spacial score (nSPS) is 25.7. The van der Waals surface area contributed by atoms with Gasteiger partial charge in [0.1, 0.15) is 6.33 Å². The topological polar surface area (TPSA) is 96.5 Å². The summed E-state index contributed by atoms with van der Waals surface area (Å²) in [5.74, 6) is 0.822. The van der Waals surface area contributed by atoms with E-state index in [1.807, 2.05) is 0 Å². The molecule has 0 saturated carbocycles. The summed E-state index contributed by atoms with van der Waals surface area (Å²) in [6, 6.07) is 0. The monoisotopic (exact) mass is 333 g/mol. The van der Waals surface area contributed by atoms with Crippen LogP contribution in [0.3, 0.4) is 0 Å². The fraction of sp³-hybridized carbons (Fsp3) is 0.688. The SMILES string of the molecule is OC[C@@H](O)Cn1cnc2c(N3CCC4(CCCCO4)C3)ncnc21. The molecule has 24 heavy (non-hydrogen) atoms. The molecule has 0 bridgehead atoms. The molecule has 130 valence electrons. The first kappa shape index (κ1) is 15.7. The highest BCUT2D eigenvalue weighted by atomic mass is 16.5. The van der Waals surface area contributed by atoms with E-state index in [-0.39, 0.29) is 18.8 Å². The van der Waals surface area contributed by atoms with Gasteiger partial charge in [-0.2, -0.15) is 0 Å². The van der Waals surface area contributed by atoms with E-state index in [0.717, 1.165) is 50.3 Å². The van der Waals surface area contributed by atoms with Crippen LogP contribution in [0.5, 0.6) is 0 Å². The molecule has 2 fully saturated rings. The number of rotatable bonds is 4. The van der Waals surface area contributed by atoms with Gasteiger partial charge in [0, 0.05) is 19.7 Å². The van der Waals surface area contributed by atoms with Gasteiger partial charge in [-0.1, -0.05) is 0 Å². The number of aliphatic hydroxyl groups is 2. The van der Waals surface area contributed by atoms with Crippen LogP contribution in [0.1, 0.15) is 25.7 Å². The van der Waals surface area contributed by atoms with Crippen LogP contribution < -0.4 is 4.90 Å². The maximum atomic E-state index is 9.67. The molecule has 1 spiro atoms. The Morgan fingerprint density at radius 2 is 2.17 bits per heavy atom. The number of fused-ring (bicyclic) bond motifs is 1. The van der Waals surface area contributed by atoms with Crippen LogP contribution in [0.15, 0.2) is 12.7 Å². The minimum atomic E-state index is -0.827. The second-order valence-electron chi connectivity index (χ2n) is 6.76. The predicted octanol–water partition coefficient (Wildman–Crippen LogP) is 0.329. The Morgan fingerprint density at radius 1 is 1.25 bits per heavy atom. The molecule has 2 aromatic rings. The molecule has 2 N–H and O–H groups in total. The Bertz CT molecular complexity index is 713. The summed E-state index contributed by atoms with van der Waals surface area (Å²) in [7, 11) is 0. The van der Waals surface area contributed by atoms with Gasteiger partial charge in [0.25, 0.3) is 0 Å². The smallest absolute Gasteiger partial charge is 0.165 e. The number of aromatic nitrogens is 4. The molecule has 2 aromatic heterocycles. The first-order chi connectivity index (χ1) is 11.7. The molecular formula is C16H23N5O3. The number of anilines is 1. The number of nitrogens with zero attached hydrogens (tertiary/aromatic N) is 5. The van der Waals surface area contributed by atoms with Gasteiger partial charge in [0.15, 0.2) is 17.0 Å². The minimum Gasteiger partial charge on any atom is -0.394 e. The average Bonchev–Trinajstić information content (AvgIpc) is 3.20. The number of hydrogen-bond donors (Lipinski definition) is 2. The predicted molar refractivity (Wildman–Crippen MR) is 87.8 cm³/mol. The number of imidazole rings is 1. The van der Waals surface area contributed by atoms with Gasteiger partial charge in [-0.3, -0.25) is 0 Å². The van der Waals surface area contributed by atoms with Crippen LogP contribution in [-0.2, 0) is 11.3 Å². The van der Waals surface area contributed by atoms with E-state index >= 15 is 0 Å². The molecule has 0 aromatic carbocycles. The quantitative estimate of drug-likeness (QED) is 0.832. The third-order valence-corrected chi connectivity index (χ3v) is 5.05. The Kier molecular flexibility index (Phi) is 4.11. The number of ether oxygens (including phenoxy) is 1. The first-order valence-corrected chi connectivity index (χ1v) is 8.54. The van der Waals surface area contributed by atoms with E-state index in [2.05, 4.69) is 19.9 Å². The van der Waals surface area contributed by atoms with E-state index in [4.69, 9.17) is 9.84 Å². The molecule has 0 aliphatic carbocycles. The highest BCUT2D eigenvalue weighted by Crippen LogP contribution is 2.36. The van der Waals surface area contributed by atoms with Gasteiger partial charge < -0.3 is 24.4 Å². The molecule has 4 rings (SSSR count). The maximum absolute atomic E-state index is 9.67. The summed E-state index contributed by atoms with van der Waals surface area (Å²) in [6.45, 7) is 2.56. The van der Waals surface area contributed by atoms with Crippen molar-refractivity contribution in [3.8, 4) is 0 Å². The Hall–Kier alpha value is -1.77. The molecule has 4 heterocycles. The molecule has 2 saturated heterocycles. The summed E-state index contributed by atoms with van der Waals surface area (Å²) in [5, 5.41) is 18.7. The highest BCUT2D eigenvalue weighted by molar-refractivity contribution is 5.83. The Morgan fingerprint density at radius 3 is 2.96 bits per heavy atom. The lowest BCUT2D eigenvalue weighted by Gasteiger charge is -2.33. The highest BCUT2D eigenvalue weighted by Gasteiger charge is 2.41. The van der Waals surface area contributed by atoms with E-state index in [9.17, 15) is 5.11 Å². The van der Waals surface area contributed by atoms with Crippen LogP contribution in [0.2, 0.25) is 0 Å². The third-order valence-electron chi connectivity index (χ3n) is 5.05. The van der Waals surface area contributed by atoms with Gasteiger partial charge >= 0.3 is 0 Å². The zero-order chi connectivity index (χ0) is 16.6. The van der Waals surface area contributed by atoms with Crippen molar-refractivity contribution in [3.05, 3.63) is 12.7 Å². The van der Waals surface area contributed by atoms with Crippen molar-refractivity contribution in [3.63, 3.8) is 0 Å². The van der Waals surface area contributed by atoms with Crippen LogP contribution in [0.25, 0.3) is 11.2 Å². The molecule has 2 aliphatic heterocycles. The van der Waals surface area contributed by atoms with Crippen LogP contribution in [-0.4, -0.2) is 67.7 Å². The lowest BCUT2D eigenvalue weighted by Crippen LogP contribution is -2.39. The van der Waals surface area contributed by atoms with Gasteiger partial charge in [0.05, 0.1) is 31.2 Å². The van der Waals surface area contributed by atoms with Crippen molar-refractivity contribution < 1.29 is 14.9 Å². The Labute approximate surface area is 140 Å². The minimum absolute atomic E-state index is 0.0365. The summed E-state index contributed by atoms with van der Waals surface area (Å²) >= 11 is 0. The number of aliphatic hydroxyl groups excluding tert-OH is 2. The molecule has 0 amide bonds. The van der Waals surface area contributed by atoms with Crippen molar-refractivity contribution in [1.82, 2.24) is 19.5 Å². The van der Waals surface area contributed by atoms with Crippen LogP contribution in [0.4, 0.5) is 5.82 Å². The summed E-state index contributed by atoms with van der Waals surface area (Å²) in [6.07, 6.45) is 6.85. The number of hydrogen-bond acceptors (Lipinski definition) is 7. The zero-order valence-electron chi connectivity index (χ0n) is 13.6. The van der Waals surface area contributed by atoms with Crippen molar-refractivity contribution >= 4 is 17.0 Å². The lowest BCUT2D eigenvalue weighted by molar-refractivity contribution is -0.0621. The fourth-order valence-electron chi connectivity index (χ4n) is 3.78. The molecule has 8 nitrogen and oxygen atoms in total. The van der Waals surface area contributed by atoms with E-state index in [0.29, 0.717) is 5.65 Å². The van der Waals surface area contributed by atoms with Crippen LogP contribution in [0, 0.1) is 0 Å². The van der Waals surface area contributed by atoms with E-state index < -0.39 is 6.10 Å². The molecule has 8 heteroatoms. The molecule has 0 radical (unpaired) electrons. The first-order valence-electron chi connectivity index (χ1n) is 8.54. The van der Waals surface area contributed by atoms with Crippen molar-refractivity contribution in [2.75, 3.05) is 31.2 Å². The summed E-state index contributed by atoms with van der Waals surface area (Å²) in [4.78, 5) is 15.4. The third kappa shape index (κ3) is 2.74. The van der Waals surface area contributed by atoms with Crippen LogP contribution >= 0.6 is 0 Å². The lowest BCUT2D eigenvalue weighted by atomic mass is 9.93. The van der Waals surface area contributed by atoms with Crippen molar-refractivity contribution in [1.29, 1.82) is 0 Å². The second-order valence-corrected chi connectivity index (χ2v) is 6.76. The largest absolute Gasteiger partial charge is 0.394 e. The Balaban J connectivity index is 1.61. The summed E-state index contributed by atoms with van der Waals surface area (Å²) in [5.41, 5.74) is 1.37. The zero-order valence-corrected chi connectivity index (χ0v) is 13.6. The van der Waals surface area contributed by atoms with Gasteiger partial charge in [-0.15, -0.1) is 0 Å². The van der Waals surface area contributed by atoms with Gasteiger partial charge in [-0.05, 0) is 25.7 Å². The molecule has 2 atom stereocenters. The summed E-state index contributed by atoms with van der Waals surface area (Å²) < 4.78 is 7.85. The van der Waals surface area contributed by atoms with Crippen molar-refractivity contribution in [2.24, 2.45) is 0 Å². The van der Waals surface area contributed by atoms with Gasteiger partial charge in [-0.25, -0.2) is 15.0 Å². The fourth-order valence-corrected chi connectivity index (χ4v) is 3.78. The van der Waals surface area contributed by atoms with Crippen molar-refractivity contribution in [2.45, 2.75) is 43.9 Å². The van der Waals surface area contributed by atoms with E-state index in [1.165, 1.54) is 12.7 Å².